The Morgan fingerprint density at radius 1 is 1.12 bits per heavy atom. The van der Waals surface area contributed by atoms with Crippen LogP contribution >= 0.6 is 0 Å². The fourth-order valence-electron chi connectivity index (χ4n) is 3.15. The molecule has 13 heteroatoms. The number of hydrogen-bond donors (Lipinski definition) is 2. The summed E-state index contributed by atoms with van der Waals surface area (Å²) in [6, 6.07) is 8.10. The van der Waals surface area contributed by atoms with Crippen molar-refractivity contribution in [3.8, 4) is 11.8 Å². The number of fused-ring (bicyclic) bond motifs is 1. The van der Waals surface area contributed by atoms with Gasteiger partial charge in [-0.2, -0.15) is 8.42 Å². The Morgan fingerprint density at radius 2 is 1.85 bits per heavy atom. The van der Waals surface area contributed by atoms with Crippen molar-refractivity contribution < 1.29 is 73.3 Å². The number of ether oxygens (including phenoxy) is 1. The summed E-state index contributed by atoms with van der Waals surface area (Å²) in [6.07, 6.45) is 4.20. The molecule has 0 bridgehead atoms. The first-order valence-electron chi connectivity index (χ1n) is 9.63. The maximum Gasteiger partial charge on any atom is 1.00 e. The molecule has 0 atom stereocenters. The molecule has 0 saturated heterocycles. The molecule has 1 aromatic carbocycles. The standard InChI is InChI=1S/C21H18FN5O5S.K/c1-12-15-5-4-14(31-21-25-7-3-8-26-21)11-17(15)32-20(28)16(12)10-13-6-9-24-19(18(13)22)27-33(29,30)23-2;/h3-9,11,23H,10H2,1-2H3,(H,24,27);/q;+1. The summed E-state index contributed by atoms with van der Waals surface area (Å²) in [6.45, 7) is 1.72. The van der Waals surface area contributed by atoms with Crippen molar-refractivity contribution in [2.45, 2.75) is 13.3 Å². The largest absolute Gasteiger partial charge is 1.00 e. The van der Waals surface area contributed by atoms with Crippen LogP contribution in [0.15, 0.2) is 58.1 Å². The Labute approximate surface area is 236 Å². The number of nitrogens with zero attached hydrogens (tertiary/aromatic N) is 3. The Hall–Kier alpha value is -2.26. The molecule has 4 rings (SSSR count). The van der Waals surface area contributed by atoms with Crippen molar-refractivity contribution >= 4 is 27.0 Å². The molecule has 0 aliphatic rings. The van der Waals surface area contributed by atoms with Gasteiger partial charge in [-0.25, -0.2) is 28.9 Å². The molecule has 170 valence electrons. The van der Waals surface area contributed by atoms with Gasteiger partial charge in [-0.05, 0) is 42.3 Å². The zero-order valence-electron chi connectivity index (χ0n) is 18.5. The van der Waals surface area contributed by atoms with Gasteiger partial charge < -0.3 is 9.15 Å². The van der Waals surface area contributed by atoms with Crippen LogP contribution in [0.4, 0.5) is 10.2 Å². The summed E-state index contributed by atoms with van der Waals surface area (Å²) < 4.78 is 53.3. The minimum Gasteiger partial charge on any atom is -0.424 e. The van der Waals surface area contributed by atoms with E-state index in [1.165, 1.54) is 31.7 Å². The average Bonchev–Trinajstić information content (AvgIpc) is 2.79. The smallest absolute Gasteiger partial charge is 0.424 e. The van der Waals surface area contributed by atoms with Crippen LogP contribution in [0, 0.1) is 12.7 Å². The predicted octanol–water partition coefficient (Wildman–Crippen LogP) is -0.311. The number of benzene rings is 1. The number of aryl methyl sites for hydroxylation is 1. The summed E-state index contributed by atoms with van der Waals surface area (Å²) >= 11 is 0. The molecule has 0 spiro atoms. The monoisotopic (exact) mass is 510 g/mol. The van der Waals surface area contributed by atoms with Crippen molar-refractivity contribution in [2.24, 2.45) is 0 Å². The van der Waals surface area contributed by atoms with E-state index in [0.29, 0.717) is 16.7 Å². The van der Waals surface area contributed by atoms with Gasteiger partial charge >= 0.3 is 63.0 Å². The second-order valence-electron chi connectivity index (χ2n) is 6.90. The van der Waals surface area contributed by atoms with Gasteiger partial charge in [0, 0.05) is 49.1 Å². The van der Waals surface area contributed by atoms with Crippen LogP contribution in [0.5, 0.6) is 11.8 Å². The second kappa shape index (κ2) is 11.0. The minimum atomic E-state index is -3.96. The third-order valence-corrected chi connectivity index (χ3v) is 5.85. The number of anilines is 1. The topological polar surface area (TPSA) is 136 Å². The van der Waals surface area contributed by atoms with Gasteiger partial charge in [-0.3, -0.25) is 4.72 Å². The normalized spacial score (nSPS) is 11.1. The second-order valence-corrected chi connectivity index (χ2v) is 8.52. The number of hydrogen-bond acceptors (Lipinski definition) is 8. The molecule has 10 nitrogen and oxygen atoms in total. The van der Waals surface area contributed by atoms with E-state index in [0.717, 1.165) is 0 Å². The van der Waals surface area contributed by atoms with Crippen molar-refractivity contribution in [3.63, 3.8) is 0 Å². The van der Waals surface area contributed by atoms with Crippen LogP contribution in [0.2, 0.25) is 0 Å². The molecule has 3 aromatic heterocycles. The summed E-state index contributed by atoms with van der Waals surface area (Å²) in [5.41, 5.74) is 0.538. The van der Waals surface area contributed by atoms with Gasteiger partial charge in [0.2, 0.25) is 0 Å². The third-order valence-electron chi connectivity index (χ3n) is 4.85. The first-order chi connectivity index (χ1) is 15.8. The molecule has 34 heavy (non-hydrogen) atoms. The van der Waals surface area contributed by atoms with Gasteiger partial charge in [0.05, 0.1) is 0 Å². The Morgan fingerprint density at radius 3 is 2.56 bits per heavy atom. The molecule has 0 saturated carbocycles. The van der Waals surface area contributed by atoms with Gasteiger partial charge in [0.15, 0.2) is 11.6 Å². The number of halogens is 1. The average molecular weight is 511 g/mol. The zero-order chi connectivity index (χ0) is 23.6. The van der Waals surface area contributed by atoms with E-state index in [2.05, 4.69) is 15.0 Å². The summed E-state index contributed by atoms with van der Waals surface area (Å²) in [5, 5.41) is 0.636. The Kier molecular flexibility index (Phi) is 8.51. The van der Waals surface area contributed by atoms with E-state index in [9.17, 15) is 17.6 Å². The van der Waals surface area contributed by atoms with Gasteiger partial charge in [0.1, 0.15) is 11.3 Å². The van der Waals surface area contributed by atoms with E-state index in [1.54, 1.807) is 31.2 Å². The van der Waals surface area contributed by atoms with Gasteiger partial charge in [-0.1, -0.05) is 0 Å². The first kappa shape index (κ1) is 26.3. The number of nitrogens with one attached hydrogen (secondary N) is 2. The van der Waals surface area contributed by atoms with Crippen LogP contribution in [0.3, 0.4) is 0 Å². The molecule has 0 amide bonds. The molecule has 0 radical (unpaired) electrons. The van der Waals surface area contributed by atoms with Gasteiger partial charge in [0.25, 0.3) is 10.2 Å². The maximum atomic E-state index is 14.9. The molecule has 0 aliphatic carbocycles. The van der Waals surface area contributed by atoms with Crippen LogP contribution in [-0.4, -0.2) is 30.4 Å². The maximum absolute atomic E-state index is 14.9. The SMILES string of the molecule is CNS(=O)(=O)Nc1nccc(Cc2c(C)c3ccc(Oc4ncccn4)cc3oc2=O)c1F.[K+]. The van der Waals surface area contributed by atoms with Crippen molar-refractivity contribution in [1.29, 1.82) is 0 Å². The van der Waals surface area contributed by atoms with E-state index >= 15 is 0 Å². The summed E-state index contributed by atoms with van der Waals surface area (Å²) in [5.74, 6) is -0.984. The number of pyridine rings is 1. The van der Waals surface area contributed by atoms with Crippen molar-refractivity contribution in [3.05, 3.63) is 81.9 Å². The first-order valence-corrected chi connectivity index (χ1v) is 11.1. The summed E-state index contributed by atoms with van der Waals surface area (Å²) in [7, 11) is -2.78. The molecular weight excluding hydrogens is 492 g/mol. The Bertz CT molecular complexity index is 1500. The predicted molar refractivity (Wildman–Crippen MR) is 118 cm³/mol. The quantitative estimate of drug-likeness (QED) is 0.255. The molecular formula is C21H18FKN5O5S+. The van der Waals surface area contributed by atoms with Crippen LogP contribution in [-0.2, 0) is 16.6 Å². The van der Waals surface area contributed by atoms with Crippen molar-refractivity contribution in [1.82, 2.24) is 19.7 Å². The van der Waals surface area contributed by atoms with Gasteiger partial charge in [-0.15, -0.1) is 0 Å². The molecule has 2 N–H and O–H groups in total. The minimum absolute atomic E-state index is 0. The number of aromatic nitrogens is 3. The molecule has 0 unspecified atom stereocenters. The van der Waals surface area contributed by atoms with Crippen molar-refractivity contribution in [2.75, 3.05) is 11.8 Å². The molecule has 4 aromatic rings. The van der Waals surface area contributed by atoms with Crippen LogP contribution < -0.4 is 71.2 Å². The van der Waals surface area contributed by atoms with E-state index in [1.807, 2.05) is 9.44 Å². The number of rotatable bonds is 7. The molecule has 3 heterocycles. The van der Waals surface area contributed by atoms with Crippen LogP contribution in [0.25, 0.3) is 11.0 Å². The fourth-order valence-corrected chi connectivity index (χ4v) is 3.64. The molecule has 0 aliphatic heterocycles. The molecule has 0 fully saturated rings. The van der Waals surface area contributed by atoms with E-state index in [-0.39, 0.29) is 80.5 Å². The summed E-state index contributed by atoms with van der Waals surface area (Å²) in [4.78, 5) is 24.4. The zero-order valence-corrected chi connectivity index (χ0v) is 22.4. The van der Waals surface area contributed by atoms with E-state index in [4.69, 9.17) is 9.15 Å². The van der Waals surface area contributed by atoms with Crippen LogP contribution in [0.1, 0.15) is 16.7 Å². The third kappa shape index (κ3) is 5.86. The Balaban J connectivity index is 0.00000324. The van der Waals surface area contributed by atoms with E-state index < -0.39 is 27.5 Å². The fraction of sp³-hybridized carbons (Fsp3) is 0.143.